The van der Waals surface area contributed by atoms with E-state index in [9.17, 15) is 0 Å². The maximum Gasteiger partial charge on any atom is 0.0719 e. The second-order valence-corrected chi connectivity index (χ2v) is 5.82. The van der Waals surface area contributed by atoms with Gasteiger partial charge in [0, 0.05) is 17.6 Å². The number of ether oxygens (including phenoxy) is 1. The molecule has 94 valence electrons. The molecule has 1 aromatic carbocycles. The number of halogens is 3. The molecular weight excluding hydrogens is 325 g/mol. The number of hydrogen-bond donors (Lipinski definition) is 1. The summed E-state index contributed by atoms with van der Waals surface area (Å²) in [5.74, 6) is 0. The van der Waals surface area contributed by atoms with Gasteiger partial charge < -0.3 is 10.1 Å². The normalized spacial score (nSPS) is 19.6. The summed E-state index contributed by atoms with van der Waals surface area (Å²) in [6.45, 7) is 1.72. The predicted octanol–water partition coefficient (Wildman–Crippen LogP) is 4.74. The van der Waals surface area contributed by atoms with Gasteiger partial charge in [-0.2, -0.15) is 0 Å². The van der Waals surface area contributed by atoms with E-state index >= 15 is 0 Å². The van der Waals surface area contributed by atoms with Crippen LogP contribution in [-0.2, 0) is 4.74 Å². The number of hydrogen-bond acceptors (Lipinski definition) is 2. The first kappa shape index (κ1) is 13.5. The molecule has 0 amide bonds. The summed E-state index contributed by atoms with van der Waals surface area (Å²) in [5.41, 5.74) is 0.800. The second-order valence-electron chi connectivity index (χ2n) is 4.09. The zero-order chi connectivity index (χ0) is 12.3. The summed E-state index contributed by atoms with van der Waals surface area (Å²) in [6, 6.07) is 3.67. The Kier molecular flexibility index (Phi) is 4.97. The van der Waals surface area contributed by atoms with E-state index in [1.54, 1.807) is 0 Å². The highest BCUT2D eigenvalue weighted by molar-refractivity contribution is 9.10. The lowest BCUT2D eigenvalue weighted by Gasteiger charge is -2.13. The van der Waals surface area contributed by atoms with Gasteiger partial charge >= 0.3 is 0 Å². The van der Waals surface area contributed by atoms with Gasteiger partial charge in [-0.05, 0) is 31.4 Å². The van der Waals surface area contributed by atoms with Gasteiger partial charge in [-0.3, -0.25) is 0 Å². The zero-order valence-corrected chi connectivity index (χ0v) is 12.4. The van der Waals surface area contributed by atoms with E-state index < -0.39 is 0 Å². The summed E-state index contributed by atoms with van der Waals surface area (Å²) in [7, 11) is 0. The molecule has 0 bridgehead atoms. The Morgan fingerprint density at radius 1 is 1.35 bits per heavy atom. The van der Waals surface area contributed by atoms with E-state index in [0.29, 0.717) is 16.1 Å². The molecule has 0 aromatic heterocycles. The van der Waals surface area contributed by atoms with Crippen LogP contribution in [0.15, 0.2) is 16.6 Å². The molecule has 1 heterocycles. The average molecular weight is 339 g/mol. The van der Waals surface area contributed by atoms with E-state index in [0.717, 1.165) is 36.2 Å². The van der Waals surface area contributed by atoms with Crippen molar-refractivity contribution in [2.75, 3.05) is 18.5 Å². The van der Waals surface area contributed by atoms with Crippen molar-refractivity contribution in [3.05, 3.63) is 26.7 Å². The highest BCUT2D eigenvalue weighted by Gasteiger charge is 2.15. The first-order chi connectivity index (χ1) is 8.16. The fraction of sp³-hybridized carbons (Fsp3) is 0.500. The lowest BCUT2D eigenvalue weighted by atomic mass is 10.2. The molecule has 1 aliphatic heterocycles. The number of nitrogens with one attached hydrogen (secondary N) is 1. The second kappa shape index (κ2) is 6.28. The minimum atomic E-state index is 0.385. The molecule has 1 atom stereocenters. The summed E-state index contributed by atoms with van der Waals surface area (Å²) in [6.07, 6.45) is 3.70. The molecule has 0 aliphatic carbocycles. The summed E-state index contributed by atoms with van der Waals surface area (Å²) in [4.78, 5) is 0. The maximum absolute atomic E-state index is 6.12. The molecule has 1 saturated heterocycles. The Morgan fingerprint density at radius 2 is 2.06 bits per heavy atom. The average Bonchev–Trinajstić information content (AvgIpc) is 2.74. The van der Waals surface area contributed by atoms with Crippen LogP contribution in [0.25, 0.3) is 0 Å². The van der Waals surface area contributed by atoms with Gasteiger partial charge in [0.1, 0.15) is 0 Å². The minimum Gasteiger partial charge on any atom is -0.383 e. The number of benzene rings is 1. The van der Waals surface area contributed by atoms with Crippen molar-refractivity contribution in [1.82, 2.24) is 0 Å². The van der Waals surface area contributed by atoms with Crippen LogP contribution in [0.5, 0.6) is 0 Å². The van der Waals surface area contributed by atoms with Crippen LogP contribution in [0, 0.1) is 0 Å². The molecule has 5 heteroatoms. The first-order valence-corrected chi connectivity index (χ1v) is 7.22. The topological polar surface area (TPSA) is 21.3 Å². The van der Waals surface area contributed by atoms with Crippen molar-refractivity contribution in [2.24, 2.45) is 0 Å². The molecule has 1 aromatic rings. The minimum absolute atomic E-state index is 0.385. The zero-order valence-electron chi connectivity index (χ0n) is 9.31. The molecular formula is C12H14BrCl2NO. The monoisotopic (exact) mass is 337 g/mol. The third kappa shape index (κ3) is 3.75. The Hall–Kier alpha value is 0.0400. The molecule has 1 fully saturated rings. The van der Waals surface area contributed by atoms with Gasteiger partial charge in [-0.1, -0.05) is 39.1 Å². The van der Waals surface area contributed by atoms with E-state index in [1.165, 1.54) is 6.42 Å². The number of anilines is 1. The molecule has 0 radical (unpaired) electrons. The lowest BCUT2D eigenvalue weighted by Crippen LogP contribution is -2.12. The quantitative estimate of drug-likeness (QED) is 0.856. The van der Waals surface area contributed by atoms with Crippen molar-refractivity contribution in [3.8, 4) is 0 Å². The fourth-order valence-electron chi connectivity index (χ4n) is 1.94. The third-order valence-corrected chi connectivity index (χ3v) is 3.85. The van der Waals surface area contributed by atoms with Gasteiger partial charge in [0.05, 0.1) is 21.8 Å². The van der Waals surface area contributed by atoms with Gasteiger partial charge in [0.25, 0.3) is 0 Å². The van der Waals surface area contributed by atoms with Crippen LogP contribution in [0.2, 0.25) is 10.0 Å². The largest absolute Gasteiger partial charge is 0.383 e. The summed E-state index contributed by atoms with van der Waals surface area (Å²) < 4.78 is 6.44. The smallest absolute Gasteiger partial charge is 0.0719 e. The van der Waals surface area contributed by atoms with Gasteiger partial charge in [0.2, 0.25) is 0 Å². The Labute approximate surface area is 120 Å². The van der Waals surface area contributed by atoms with E-state index in [1.807, 2.05) is 12.1 Å². The molecule has 1 N–H and O–H groups in total. The molecule has 0 saturated carbocycles. The lowest BCUT2D eigenvalue weighted by molar-refractivity contribution is 0.107. The van der Waals surface area contributed by atoms with Gasteiger partial charge in [0.15, 0.2) is 0 Å². The van der Waals surface area contributed by atoms with Crippen LogP contribution in [0.4, 0.5) is 5.69 Å². The van der Waals surface area contributed by atoms with Crippen molar-refractivity contribution < 1.29 is 4.74 Å². The Balaban J connectivity index is 1.89. The summed E-state index contributed by atoms with van der Waals surface area (Å²) >= 11 is 15.6. The fourth-order valence-corrected chi connectivity index (χ4v) is 3.28. The van der Waals surface area contributed by atoms with Crippen molar-refractivity contribution in [1.29, 1.82) is 0 Å². The van der Waals surface area contributed by atoms with Crippen LogP contribution >= 0.6 is 39.1 Å². The van der Waals surface area contributed by atoms with Crippen LogP contribution in [-0.4, -0.2) is 19.3 Å². The number of rotatable bonds is 4. The molecule has 0 spiro atoms. The molecule has 2 nitrogen and oxygen atoms in total. The predicted molar refractivity (Wildman–Crippen MR) is 76.2 cm³/mol. The summed E-state index contributed by atoms with van der Waals surface area (Å²) in [5, 5.41) is 4.54. The highest BCUT2D eigenvalue weighted by Crippen LogP contribution is 2.33. The molecule has 1 aliphatic rings. The van der Waals surface area contributed by atoms with Gasteiger partial charge in [-0.25, -0.2) is 0 Å². The van der Waals surface area contributed by atoms with E-state index in [2.05, 4.69) is 21.2 Å². The Bertz CT molecular complexity index is 371. The molecule has 1 unspecified atom stereocenters. The Morgan fingerprint density at radius 3 is 2.65 bits per heavy atom. The van der Waals surface area contributed by atoms with Crippen molar-refractivity contribution in [3.63, 3.8) is 0 Å². The van der Waals surface area contributed by atoms with Gasteiger partial charge in [-0.15, -0.1) is 0 Å². The first-order valence-electron chi connectivity index (χ1n) is 5.67. The van der Waals surface area contributed by atoms with Crippen LogP contribution in [0.3, 0.4) is 0 Å². The van der Waals surface area contributed by atoms with E-state index in [-0.39, 0.29) is 0 Å². The maximum atomic E-state index is 6.12. The van der Waals surface area contributed by atoms with Crippen LogP contribution in [0.1, 0.15) is 19.3 Å². The SMILES string of the molecule is Clc1cc(Br)cc(Cl)c1NCCC1CCCO1. The highest BCUT2D eigenvalue weighted by atomic mass is 79.9. The third-order valence-electron chi connectivity index (χ3n) is 2.80. The molecule has 2 rings (SSSR count). The van der Waals surface area contributed by atoms with Crippen LogP contribution < -0.4 is 5.32 Å². The van der Waals surface area contributed by atoms with E-state index in [4.69, 9.17) is 27.9 Å². The van der Waals surface area contributed by atoms with Crippen molar-refractivity contribution in [2.45, 2.75) is 25.4 Å². The molecule has 17 heavy (non-hydrogen) atoms. The van der Waals surface area contributed by atoms with Crippen molar-refractivity contribution >= 4 is 44.8 Å². The standard InChI is InChI=1S/C12H14BrCl2NO/c13-8-6-10(14)12(11(15)7-8)16-4-3-9-2-1-5-17-9/h6-7,9,16H,1-5H2.